The van der Waals surface area contributed by atoms with E-state index >= 15 is 0 Å². The first-order chi connectivity index (χ1) is 13.0. The minimum absolute atomic E-state index is 0.187. The Morgan fingerprint density at radius 1 is 1.04 bits per heavy atom. The van der Waals surface area contributed by atoms with Gasteiger partial charge in [-0.25, -0.2) is 0 Å². The molecular weight excluding hydrogens is 368 g/mol. The summed E-state index contributed by atoms with van der Waals surface area (Å²) < 4.78 is 10.5. The number of benzene rings is 1. The Kier molecular flexibility index (Phi) is 3.63. The van der Waals surface area contributed by atoms with Gasteiger partial charge in [0.25, 0.3) is 11.8 Å². The topological polar surface area (TPSA) is 68.2 Å². The third kappa shape index (κ3) is 2.29. The average Bonchev–Trinajstić information content (AvgIpc) is 3.45. The Labute approximate surface area is 161 Å². The fourth-order valence-electron chi connectivity index (χ4n) is 5.16. The largest absolute Gasteiger partial charge is 0.496 e. The average molecular weight is 387 g/mol. The van der Waals surface area contributed by atoms with Crippen LogP contribution in [0.15, 0.2) is 29.4 Å². The molecule has 0 aromatic heterocycles. The van der Waals surface area contributed by atoms with E-state index in [0.29, 0.717) is 33.9 Å². The molecule has 0 spiro atoms. The fourth-order valence-corrected chi connectivity index (χ4v) is 5.41. The van der Waals surface area contributed by atoms with Crippen LogP contribution in [0.3, 0.4) is 0 Å². The number of amides is 2. The summed E-state index contributed by atoms with van der Waals surface area (Å²) in [6.07, 6.45) is 6.88. The number of ether oxygens (including phenoxy) is 2. The van der Waals surface area contributed by atoms with Crippen LogP contribution >= 0.6 is 11.6 Å². The maximum Gasteiger partial charge on any atom is 0.254 e. The molecule has 1 aromatic rings. The van der Waals surface area contributed by atoms with E-state index in [2.05, 4.69) is 17.3 Å². The fraction of sp³-hybridized carbons (Fsp3) is 0.450. The van der Waals surface area contributed by atoms with Crippen molar-refractivity contribution in [1.82, 2.24) is 5.01 Å². The zero-order chi connectivity index (χ0) is 18.9. The van der Waals surface area contributed by atoms with Crippen LogP contribution in [0.4, 0.5) is 0 Å². The van der Waals surface area contributed by atoms with Crippen molar-refractivity contribution in [2.45, 2.75) is 6.42 Å². The second-order valence-corrected chi connectivity index (χ2v) is 8.02. The zero-order valence-electron chi connectivity index (χ0n) is 15.0. The number of carbonyl (C=O) groups excluding carboxylic acids is 2. The van der Waals surface area contributed by atoms with Crippen molar-refractivity contribution in [1.29, 1.82) is 0 Å². The summed E-state index contributed by atoms with van der Waals surface area (Å²) in [5, 5.41) is 5.67. The summed E-state index contributed by atoms with van der Waals surface area (Å²) in [4.78, 5) is 25.9. The molecule has 0 radical (unpaired) electrons. The molecule has 7 heteroatoms. The molecular formula is C20H19ClN2O4. The summed E-state index contributed by atoms with van der Waals surface area (Å²) >= 11 is 6.18. The number of allylic oxidation sites excluding steroid dienone is 2. The van der Waals surface area contributed by atoms with Crippen molar-refractivity contribution in [3.8, 4) is 11.5 Å². The van der Waals surface area contributed by atoms with E-state index in [-0.39, 0.29) is 35.5 Å². The summed E-state index contributed by atoms with van der Waals surface area (Å²) in [5.41, 5.74) is 0.572. The highest BCUT2D eigenvalue weighted by Crippen LogP contribution is 2.65. The van der Waals surface area contributed by atoms with Gasteiger partial charge in [0.1, 0.15) is 11.5 Å². The number of nitrogens with zero attached hydrogens (tertiary/aromatic N) is 2. The van der Waals surface area contributed by atoms with Gasteiger partial charge in [-0.3, -0.25) is 9.59 Å². The third-order valence-electron chi connectivity index (χ3n) is 6.46. The van der Waals surface area contributed by atoms with E-state index in [1.807, 2.05) is 0 Å². The molecule has 6 nitrogen and oxygen atoms in total. The lowest BCUT2D eigenvalue weighted by atomic mass is 9.63. The number of hydrogen-bond donors (Lipinski definition) is 0. The number of methoxy groups -OCH3 is 2. The summed E-state index contributed by atoms with van der Waals surface area (Å²) in [6.45, 7) is 0. The minimum atomic E-state index is -0.255. The second-order valence-electron chi connectivity index (χ2n) is 7.62. The van der Waals surface area contributed by atoms with Crippen LogP contribution in [0.5, 0.6) is 11.5 Å². The molecule has 3 fully saturated rings. The normalized spacial score (nSPS) is 35.6. The Morgan fingerprint density at radius 2 is 1.63 bits per heavy atom. The lowest BCUT2D eigenvalue weighted by molar-refractivity contribution is -0.140. The molecule has 6 atom stereocenters. The van der Waals surface area contributed by atoms with E-state index in [1.54, 1.807) is 12.1 Å². The van der Waals surface area contributed by atoms with Crippen molar-refractivity contribution in [3.63, 3.8) is 0 Å². The van der Waals surface area contributed by atoms with E-state index < -0.39 is 0 Å². The highest BCUT2D eigenvalue weighted by Gasteiger charge is 2.67. The molecule has 2 saturated carbocycles. The van der Waals surface area contributed by atoms with Gasteiger partial charge in [0.15, 0.2) is 0 Å². The zero-order valence-corrected chi connectivity index (χ0v) is 15.7. The molecule has 1 aliphatic heterocycles. The van der Waals surface area contributed by atoms with Gasteiger partial charge in [0, 0.05) is 11.6 Å². The van der Waals surface area contributed by atoms with Crippen LogP contribution < -0.4 is 9.47 Å². The molecule has 1 saturated heterocycles. The minimum Gasteiger partial charge on any atom is -0.496 e. The first-order valence-electron chi connectivity index (χ1n) is 9.06. The smallest absolute Gasteiger partial charge is 0.254 e. The summed E-state index contributed by atoms with van der Waals surface area (Å²) in [5.74, 6) is 1.60. The molecule has 0 N–H and O–H groups in total. The van der Waals surface area contributed by atoms with Gasteiger partial charge in [0.05, 0.1) is 37.3 Å². The van der Waals surface area contributed by atoms with E-state index in [9.17, 15) is 9.59 Å². The lowest BCUT2D eigenvalue weighted by Gasteiger charge is -2.37. The predicted molar refractivity (Wildman–Crippen MR) is 98.7 cm³/mol. The van der Waals surface area contributed by atoms with Gasteiger partial charge in [-0.15, -0.1) is 0 Å². The Hall–Kier alpha value is -2.34. The Balaban J connectivity index is 1.45. The number of hydrazone groups is 1. The van der Waals surface area contributed by atoms with Gasteiger partial charge in [-0.2, -0.15) is 10.1 Å². The highest BCUT2D eigenvalue weighted by molar-refractivity contribution is 6.32. The van der Waals surface area contributed by atoms with Crippen LogP contribution in [0, 0.1) is 35.5 Å². The maximum atomic E-state index is 12.9. The highest BCUT2D eigenvalue weighted by atomic mass is 35.5. The molecule has 27 heavy (non-hydrogen) atoms. The van der Waals surface area contributed by atoms with Gasteiger partial charge in [-0.1, -0.05) is 23.8 Å². The maximum absolute atomic E-state index is 12.9. The van der Waals surface area contributed by atoms with Crippen molar-refractivity contribution in [2.24, 2.45) is 40.6 Å². The molecule has 6 rings (SSSR count). The second kappa shape index (κ2) is 5.83. The van der Waals surface area contributed by atoms with Crippen LogP contribution in [-0.2, 0) is 9.59 Å². The SMILES string of the molecule is COc1cc(OC)c(/C=N\N2C(=O)[C@@H]3[C@H]4C=C[C@@H]([C@@H]5C[C@@H]45)[C@@H]3C2=O)cc1Cl. The van der Waals surface area contributed by atoms with Crippen molar-refractivity contribution in [2.75, 3.05) is 14.2 Å². The monoisotopic (exact) mass is 386 g/mol. The van der Waals surface area contributed by atoms with Crippen LogP contribution in [-0.4, -0.2) is 37.3 Å². The van der Waals surface area contributed by atoms with Crippen molar-refractivity contribution in [3.05, 3.63) is 34.9 Å². The van der Waals surface area contributed by atoms with E-state index in [4.69, 9.17) is 21.1 Å². The van der Waals surface area contributed by atoms with Gasteiger partial charge >= 0.3 is 0 Å². The van der Waals surface area contributed by atoms with Gasteiger partial charge < -0.3 is 9.47 Å². The van der Waals surface area contributed by atoms with E-state index in [0.717, 1.165) is 11.4 Å². The third-order valence-corrected chi connectivity index (χ3v) is 6.75. The molecule has 2 amide bonds. The number of carbonyl (C=O) groups is 2. The Morgan fingerprint density at radius 3 is 2.19 bits per heavy atom. The number of halogens is 1. The molecule has 4 aliphatic carbocycles. The van der Waals surface area contributed by atoms with Gasteiger partial charge in [-0.05, 0) is 36.2 Å². The summed E-state index contributed by atoms with van der Waals surface area (Å²) in [6, 6.07) is 3.29. The van der Waals surface area contributed by atoms with Gasteiger partial charge in [0.2, 0.25) is 0 Å². The molecule has 140 valence electrons. The lowest BCUT2D eigenvalue weighted by Crippen LogP contribution is -2.40. The first-order valence-corrected chi connectivity index (χ1v) is 9.44. The number of rotatable bonds is 4. The Bertz CT molecular complexity index is 875. The van der Waals surface area contributed by atoms with E-state index in [1.165, 1.54) is 20.4 Å². The summed E-state index contributed by atoms with van der Waals surface area (Å²) in [7, 11) is 3.04. The molecule has 0 unspecified atom stereocenters. The van der Waals surface area contributed by atoms with Crippen molar-refractivity contribution < 1.29 is 19.1 Å². The quantitative estimate of drug-likeness (QED) is 0.453. The predicted octanol–water partition coefficient (Wildman–Crippen LogP) is 2.74. The van der Waals surface area contributed by atoms with Crippen LogP contribution in [0.1, 0.15) is 12.0 Å². The van der Waals surface area contributed by atoms with Crippen molar-refractivity contribution >= 4 is 29.6 Å². The number of hydrogen-bond acceptors (Lipinski definition) is 5. The van der Waals surface area contributed by atoms with Crippen LogP contribution in [0.2, 0.25) is 5.02 Å². The first kappa shape index (κ1) is 16.8. The molecule has 1 aromatic carbocycles. The number of imide groups is 1. The molecule has 2 bridgehead atoms. The standard InChI is InChI=1S/C20H19ClN2O4/c1-26-15-7-16(27-2)14(21)5-9(15)8-22-23-19(24)17-10-3-4-11(13-6-12(10)13)18(17)20(23)25/h3-5,7-8,10-13,17-18H,6H2,1-2H3/b22-8-/t10-,11-,12-,13-,17-,18+/m0/s1. The molecule has 1 heterocycles. The van der Waals surface area contributed by atoms with Crippen LogP contribution in [0.25, 0.3) is 0 Å². The molecule has 5 aliphatic rings.